The van der Waals surface area contributed by atoms with E-state index < -0.39 is 17.4 Å². The number of halogens is 2. The summed E-state index contributed by atoms with van der Waals surface area (Å²) in [5, 5.41) is 20.4. The fourth-order valence-electron chi connectivity index (χ4n) is 3.54. The van der Waals surface area contributed by atoms with Gasteiger partial charge in [-0.2, -0.15) is 5.10 Å². The molecule has 10 heteroatoms. The molecule has 0 aliphatic carbocycles. The van der Waals surface area contributed by atoms with Gasteiger partial charge in [0.1, 0.15) is 5.82 Å². The van der Waals surface area contributed by atoms with Crippen molar-refractivity contribution in [2.75, 3.05) is 11.9 Å². The molecule has 0 fully saturated rings. The van der Waals surface area contributed by atoms with E-state index in [2.05, 4.69) is 20.7 Å². The average molecular weight is 538 g/mol. The van der Waals surface area contributed by atoms with Crippen LogP contribution in [0.1, 0.15) is 41.1 Å². The van der Waals surface area contributed by atoms with Gasteiger partial charge in [0.25, 0.3) is 11.8 Å². The maximum absolute atomic E-state index is 13.3. The van der Waals surface area contributed by atoms with Crippen molar-refractivity contribution in [3.05, 3.63) is 94.2 Å². The monoisotopic (exact) mass is 537 g/mol. The third-order valence-electron chi connectivity index (χ3n) is 5.45. The van der Waals surface area contributed by atoms with Crippen LogP contribution in [0.3, 0.4) is 0 Å². The SMILES string of the molecule is CC(C)(O)CCNC(=O)c1cc(NC(=O)c2cc(-c3ccccn3)c(Cl)cc2Cl)n(-c2ccccc2)n1. The molecule has 4 rings (SSSR count). The van der Waals surface area contributed by atoms with Crippen LogP contribution < -0.4 is 10.6 Å². The minimum Gasteiger partial charge on any atom is -0.390 e. The van der Waals surface area contributed by atoms with E-state index in [4.69, 9.17) is 23.2 Å². The summed E-state index contributed by atoms with van der Waals surface area (Å²) in [6.45, 7) is 3.59. The van der Waals surface area contributed by atoms with E-state index in [0.717, 1.165) is 0 Å². The smallest absolute Gasteiger partial charge is 0.271 e. The molecule has 0 spiro atoms. The number of benzene rings is 2. The summed E-state index contributed by atoms with van der Waals surface area (Å²) in [4.78, 5) is 30.4. The molecule has 4 aromatic rings. The number of amides is 2. The van der Waals surface area contributed by atoms with Gasteiger partial charge < -0.3 is 15.7 Å². The number of aromatic nitrogens is 3. The van der Waals surface area contributed by atoms with Crippen molar-refractivity contribution in [2.45, 2.75) is 25.9 Å². The van der Waals surface area contributed by atoms with E-state index in [9.17, 15) is 14.7 Å². The Morgan fingerprint density at radius 2 is 1.70 bits per heavy atom. The molecule has 0 bridgehead atoms. The standard InChI is InChI=1S/C27H25Cl2N5O3/c1-27(2,37)11-13-31-26(36)23-16-24(34(33-23)17-8-4-3-5-9-17)32-25(35)19-14-18(20(28)15-21(19)29)22-10-6-7-12-30-22/h3-10,12,14-16,37H,11,13H2,1-2H3,(H,31,36)(H,32,35). The third-order valence-corrected chi connectivity index (χ3v) is 6.07. The fourth-order valence-corrected chi connectivity index (χ4v) is 4.11. The molecule has 2 heterocycles. The Kier molecular flexibility index (Phi) is 7.92. The van der Waals surface area contributed by atoms with Crippen LogP contribution >= 0.6 is 23.2 Å². The third kappa shape index (κ3) is 6.54. The van der Waals surface area contributed by atoms with E-state index in [1.807, 2.05) is 24.3 Å². The van der Waals surface area contributed by atoms with Gasteiger partial charge in [0.15, 0.2) is 5.69 Å². The lowest BCUT2D eigenvalue weighted by Gasteiger charge is -2.16. The molecule has 190 valence electrons. The van der Waals surface area contributed by atoms with E-state index in [-0.39, 0.29) is 28.6 Å². The maximum Gasteiger partial charge on any atom is 0.271 e. The molecule has 0 unspecified atom stereocenters. The van der Waals surface area contributed by atoms with Crippen molar-refractivity contribution < 1.29 is 14.7 Å². The number of hydrogen-bond donors (Lipinski definition) is 3. The largest absolute Gasteiger partial charge is 0.390 e. The first kappa shape index (κ1) is 26.3. The minimum atomic E-state index is -0.915. The number of anilines is 1. The predicted octanol–water partition coefficient (Wildman–Crippen LogP) is 5.38. The van der Waals surface area contributed by atoms with Crippen LogP contribution in [-0.4, -0.2) is 43.8 Å². The second-order valence-corrected chi connectivity index (χ2v) is 9.78. The van der Waals surface area contributed by atoms with E-state index >= 15 is 0 Å². The summed E-state index contributed by atoms with van der Waals surface area (Å²) in [5.74, 6) is -0.671. The molecule has 0 atom stereocenters. The van der Waals surface area contributed by atoms with Crippen LogP contribution in [0.15, 0.2) is 72.9 Å². The summed E-state index contributed by atoms with van der Waals surface area (Å²) < 4.78 is 1.46. The van der Waals surface area contributed by atoms with Crippen molar-refractivity contribution in [2.24, 2.45) is 0 Å². The molecule has 0 saturated carbocycles. The Hall–Kier alpha value is -3.72. The van der Waals surface area contributed by atoms with Crippen LogP contribution in [0.4, 0.5) is 5.82 Å². The van der Waals surface area contributed by atoms with Crippen LogP contribution in [0.25, 0.3) is 16.9 Å². The highest BCUT2D eigenvalue weighted by Gasteiger charge is 2.21. The van der Waals surface area contributed by atoms with Gasteiger partial charge in [-0.15, -0.1) is 0 Å². The lowest BCUT2D eigenvalue weighted by atomic mass is 10.1. The lowest BCUT2D eigenvalue weighted by Crippen LogP contribution is -2.31. The maximum atomic E-state index is 13.3. The zero-order valence-corrected chi connectivity index (χ0v) is 21.7. The highest BCUT2D eigenvalue weighted by Crippen LogP contribution is 2.32. The second-order valence-electron chi connectivity index (χ2n) is 8.96. The van der Waals surface area contributed by atoms with Gasteiger partial charge in [0, 0.05) is 24.4 Å². The number of carbonyl (C=O) groups is 2. The second kappa shape index (κ2) is 11.1. The molecule has 0 aliphatic heterocycles. The highest BCUT2D eigenvalue weighted by atomic mass is 35.5. The molecule has 37 heavy (non-hydrogen) atoms. The van der Waals surface area contributed by atoms with Gasteiger partial charge in [-0.1, -0.05) is 47.5 Å². The molecule has 2 aromatic heterocycles. The van der Waals surface area contributed by atoms with Crippen molar-refractivity contribution >= 4 is 40.8 Å². The van der Waals surface area contributed by atoms with Gasteiger partial charge in [-0.3, -0.25) is 14.6 Å². The zero-order chi connectivity index (χ0) is 26.6. The average Bonchev–Trinajstić information content (AvgIpc) is 3.28. The van der Waals surface area contributed by atoms with E-state index in [1.54, 1.807) is 50.4 Å². The van der Waals surface area contributed by atoms with Crippen LogP contribution in [0.5, 0.6) is 0 Å². The Balaban J connectivity index is 1.65. The van der Waals surface area contributed by atoms with Crippen LogP contribution in [-0.2, 0) is 0 Å². The van der Waals surface area contributed by atoms with E-state index in [1.165, 1.54) is 16.8 Å². The van der Waals surface area contributed by atoms with Crippen LogP contribution in [0, 0.1) is 0 Å². The van der Waals surface area contributed by atoms with E-state index in [0.29, 0.717) is 28.4 Å². The first-order valence-electron chi connectivity index (χ1n) is 11.5. The number of carbonyl (C=O) groups excluding carboxylic acids is 2. The summed E-state index contributed by atoms with van der Waals surface area (Å²) in [6, 6.07) is 19.0. The first-order valence-corrected chi connectivity index (χ1v) is 12.3. The molecule has 3 N–H and O–H groups in total. The van der Waals surface area contributed by atoms with Crippen molar-refractivity contribution in [1.29, 1.82) is 0 Å². The molecule has 0 radical (unpaired) electrons. The molecule has 8 nitrogen and oxygen atoms in total. The Morgan fingerprint density at radius 3 is 2.38 bits per heavy atom. The number of rotatable bonds is 8. The van der Waals surface area contributed by atoms with Gasteiger partial charge in [0.2, 0.25) is 0 Å². The highest BCUT2D eigenvalue weighted by molar-refractivity contribution is 6.38. The number of aliphatic hydroxyl groups is 1. The quantitative estimate of drug-likeness (QED) is 0.279. The Bertz CT molecular complexity index is 1420. The lowest BCUT2D eigenvalue weighted by molar-refractivity contribution is 0.0692. The molecule has 2 aromatic carbocycles. The summed E-state index contributed by atoms with van der Waals surface area (Å²) in [5.41, 5.74) is 1.17. The number of pyridine rings is 1. The van der Waals surface area contributed by atoms with Crippen LogP contribution in [0.2, 0.25) is 10.0 Å². The normalized spacial score (nSPS) is 11.3. The van der Waals surface area contributed by atoms with Gasteiger partial charge >= 0.3 is 0 Å². The molecular formula is C27H25Cl2N5O3. The molecule has 2 amide bonds. The molecule has 0 saturated heterocycles. The first-order chi connectivity index (χ1) is 17.6. The molecular weight excluding hydrogens is 513 g/mol. The minimum absolute atomic E-state index is 0.103. The van der Waals surface area contributed by atoms with Crippen molar-refractivity contribution in [3.8, 4) is 16.9 Å². The zero-order valence-electron chi connectivity index (χ0n) is 20.2. The number of hydrogen-bond acceptors (Lipinski definition) is 5. The summed E-state index contributed by atoms with van der Waals surface area (Å²) in [6.07, 6.45) is 2.00. The van der Waals surface area contributed by atoms with Gasteiger partial charge in [-0.25, -0.2) is 4.68 Å². The summed E-state index contributed by atoms with van der Waals surface area (Å²) >= 11 is 12.8. The van der Waals surface area contributed by atoms with Gasteiger partial charge in [0.05, 0.1) is 32.6 Å². The Morgan fingerprint density at radius 1 is 0.973 bits per heavy atom. The number of nitrogens with zero attached hydrogens (tertiary/aromatic N) is 3. The van der Waals surface area contributed by atoms with Crippen molar-refractivity contribution in [1.82, 2.24) is 20.1 Å². The topological polar surface area (TPSA) is 109 Å². The fraction of sp³-hybridized carbons (Fsp3) is 0.185. The molecule has 0 aliphatic rings. The Labute approximate surface area is 224 Å². The number of para-hydroxylation sites is 1. The number of nitrogens with one attached hydrogen (secondary N) is 2. The van der Waals surface area contributed by atoms with Gasteiger partial charge in [-0.05, 0) is 56.7 Å². The summed E-state index contributed by atoms with van der Waals surface area (Å²) in [7, 11) is 0. The van der Waals surface area contributed by atoms with Crippen molar-refractivity contribution in [3.63, 3.8) is 0 Å². The predicted molar refractivity (Wildman–Crippen MR) is 144 cm³/mol.